The van der Waals surface area contributed by atoms with E-state index < -0.39 is 46.7 Å². The maximum Gasteiger partial charge on any atom is 0.337 e. The number of hydrogen-bond acceptors (Lipinski definition) is 16. The minimum atomic E-state index is -1.19. The number of ether oxygens (including phenoxy) is 2. The number of allylic oxidation sites excluding steroid dienone is 1. The maximum absolute atomic E-state index is 11.8. The molecule has 0 spiro atoms. The Hall–Kier alpha value is -9.42. The Balaban J connectivity index is 0.000000183. The molecule has 0 bridgehead atoms. The van der Waals surface area contributed by atoms with Gasteiger partial charge in [-0.1, -0.05) is 105 Å². The fraction of sp³-hybridized carbons (Fsp3) is 0.375. The fourth-order valence-electron chi connectivity index (χ4n) is 11.3. The van der Waals surface area contributed by atoms with Gasteiger partial charge < -0.3 is 44.1 Å². The van der Waals surface area contributed by atoms with Crippen molar-refractivity contribution in [1.29, 1.82) is 0 Å². The molecule has 8 aromatic rings. The van der Waals surface area contributed by atoms with Gasteiger partial charge in [-0.2, -0.15) is 0 Å². The van der Waals surface area contributed by atoms with Gasteiger partial charge >= 0.3 is 23.7 Å². The highest BCUT2D eigenvalue weighted by Crippen LogP contribution is 2.48. The van der Waals surface area contributed by atoms with Gasteiger partial charge in [-0.25, -0.2) is 19.4 Å². The number of aryl methyl sites for hydroxylation is 2. The van der Waals surface area contributed by atoms with Gasteiger partial charge in [0.05, 0.1) is 49.0 Å². The number of imidazole rings is 1. The number of barbiturate groups is 1. The van der Waals surface area contributed by atoms with Gasteiger partial charge in [-0.05, 0) is 156 Å². The molecule has 1 aliphatic carbocycles. The van der Waals surface area contributed by atoms with E-state index in [1.807, 2.05) is 86.3 Å². The summed E-state index contributed by atoms with van der Waals surface area (Å²) < 4.78 is 14.5. The number of amides is 4. The first-order valence-corrected chi connectivity index (χ1v) is 32.0. The Kier molecular flexibility index (Phi) is 26.8. The van der Waals surface area contributed by atoms with Gasteiger partial charge in [-0.3, -0.25) is 43.9 Å². The van der Waals surface area contributed by atoms with E-state index in [9.17, 15) is 38.7 Å². The van der Waals surface area contributed by atoms with Crippen LogP contribution in [-0.2, 0) is 41.1 Å². The number of para-hydroxylation sites is 2. The van der Waals surface area contributed by atoms with Crippen molar-refractivity contribution in [3.8, 4) is 11.5 Å². The summed E-state index contributed by atoms with van der Waals surface area (Å²) in [7, 11) is 16.5. The largest absolute Gasteiger partial charge is 0.497 e. The van der Waals surface area contributed by atoms with Crippen molar-refractivity contribution in [2.24, 2.45) is 38.4 Å². The number of urea groups is 1. The van der Waals surface area contributed by atoms with Crippen LogP contribution in [0.15, 0.2) is 172 Å². The first-order chi connectivity index (χ1) is 45.1. The van der Waals surface area contributed by atoms with E-state index in [0.29, 0.717) is 29.5 Å². The van der Waals surface area contributed by atoms with Crippen LogP contribution in [0.25, 0.3) is 21.9 Å². The number of hydrogen-bond donors (Lipinski definition) is 5. The molecular weight excluding hydrogens is 1230 g/mol. The summed E-state index contributed by atoms with van der Waals surface area (Å²) in [5.74, 6) is -1.21. The molecule has 1 unspecified atom stereocenters. The Labute approximate surface area is 559 Å². The standard InChI is InChI=1S/C17H20N2S.C16H25NO2.C14H14O3.C11H16N2O3.C8H10N4O2.C6H5NO2/c1-13(18(2)3)12-19-14-8-4-6-10-16(14)20-17-11-7-5-9-15(17)19;1-17(2)12-14-7-4-5-10-16(14,18)13-8-6-9-15(11-13)19-3;1-9(14(15)16)10-3-4-12-8-13(17-2)6-5-11(12)7-10;1-4-5-11(6-7(2)3)8(14)12-10(16)13-9(11)15;1-10-4-9-6-5(10)7(13)12(3)8(14)11(6)2;8-6(9)5-2-1-3-7-4-5/h4-11,13H,12H2,1-3H3;6,8-9,11,14,18H,4-5,7,10,12H2,1-3H3;3-9H,1-2H3,(H,15,16);4,7H,1,5-6H2,2-3H3,(H2,12,13,14,15,16);4H,1-3H3;1-4H,(H,8,9)/t;14-,16+;9-;;;/m.10.../s1. The van der Waals surface area contributed by atoms with E-state index in [-0.39, 0.29) is 29.2 Å². The number of carboxylic acid groups (broad SMARTS) is 2. The van der Waals surface area contributed by atoms with Gasteiger partial charge in [0.25, 0.3) is 5.56 Å². The number of aromatic nitrogens is 5. The second-order valence-electron chi connectivity index (χ2n) is 24.5. The zero-order valence-corrected chi connectivity index (χ0v) is 57.3. The Morgan fingerprint density at radius 2 is 1.38 bits per heavy atom. The minimum Gasteiger partial charge on any atom is -0.497 e. The van der Waals surface area contributed by atoms with Crippen molar-refractivity contribution in [2.45, 2.75) is 93.6 Å². The molecule has 4 amide bonds. The normalized spacial score (nSPS) is 16.6. The molecule has 3 aromatic heterocycles. The van der Waals surface area contributed by atoms with Crippen molar-refractivity contribution >= 4 is 74.9 Å². The predicted octanol–water partition coefficient (Wildman–Crippen LogP) is 10.6. The molecule has 506 valence electrons. The molecule has 22 nitrogen and oxygen atoms in total. The highest BCUT2D eigenvalue weighted by Gasteiger charge is 2.49. The van der Waals surface area contributed by atoms with Crippen LogP contribution in [0.4, 0.5) is 16.2 Å². The Morgan fingerprint density at radius 3 is 1.93 bits per heavy atom. The lowest BCUT2D eigenvalue weighted by Gasteiger charge is -2.41. The second-order valence-corrected chi connectivity index (χ2v) is 25.6. The summed E-state index contributed by atoms with van der Waals surface area (Å²) in [6.07, 6.45) is 10.8. The van der Waals surface area contributed by atoms with E-state index in [0.717, 1.165) is 70.3 Å². The third-order valence-corrected chi connectivity index (χ3v) is 17.9. The van der Waals surface area contributed by atoms with Crippen molar-refractivity contribution in [3.05, 3.63) is 190 Å². The number of anilines is 2. The number of imide groups is 2. The van der Waals surface area contributed by atoms with Crippen LogP contribution < -0.4 is 36.3 Å². The lowest BCUT2D eigenvalue weighted by molar-refractivity contribution is -0.145. The van der Waals surface area contributed by atoms with Crippen LogP contribution in [0.1, 0.15) is 93.6 Å². The molecule has 5 N–H and O–H groups in total. The van der Waals surface area contributed by atoms with Crippen LogP contribution in [0.2, 0.25) is 0 Å². The first kappa shape index (κ1) is 74.6. The molecule has 5 aromatic carbocycles. The number of carboxylic acids is 2. The number of benzene rings is 5. The smallest absolute Gasteiger partial charge is 0.337 e. The van der Waals surface area contributed by atoms with Crippen molar-refractivity contribution < 1.29 is 48.8 Å². The van der Waals surface area contributed by atoms with Gasteiger partial charge in [0, 0.05) is 68.4 Å². The number of rotatable bonds is 15. The topological polar surface area (TPSA) is 273 Å². The first-order valence-electron chi connectivity index (χ1n) is 31.2. The zero-order chi connectivity index (χ0) is 69.9. The number of aliphatic hydroxyl groups is 1. The zero-order valence-electron chi connectivity index (χ0n) is 56.5. The molecule has 3 aliphatic rings. The molecule has 2 aliphatic heterocycles. The van der Waals surface area contributed by atoms with Gasteiger partial charge in [0.15, 0.2) is 11.2 Å². The lowest BCUT2D eigenvalue weighted by atomic mass is 9.71. The summed E-state index contributed by atoms with van der Waals surface area (Å²) in [6.45, 7) is 13.3. The SMILES string of the molecule is C=CCC1(CC(C)C)C(=O)NC(=O)NC1=O.CC(CN1c2ccccc2Sc2ccccc21)N(C)C.COc1ccc2cc([C@H](C)C(=O)O)ccc2c1.COc1cccc([C@@]2(O)CCCC[C@@H]2CN(C)C)c1.Cn1c(=O)c2c(ncn2C)n(C)c1=O.O=C(O)c1cccnc1. The average molecular weight is 1320 g/mol. The fourth-order valence-corrected chi connectivity index (χ4v) is 12.4. The lowest BCUT2D eigenvalue weighted by Crippen LogP contribution is -2.62. The van der Waals surface area contributed by atoms with Crippen LogP contribution in [0.3, 0.4) is 0 Å². The number of likely N-dealkylation sites (N-methyl/N-ethyl adjacent to an activating group) is 1. The van der Waals surface area contributed by atoms with Gasteiger partial charge in [0.2, 0.25) is 11.8 Å². The highest BCUT2D eigenvalue weighted by atomic mass is 32.2. The number of carbonyl (C=O) groups is 5. The molecule has 23 heteroatoms. The monoisotopic (exact) mass is 1320 g/mol. The molecule has 0 radical (unpaired) electrons. The average Bonchev–Trinajstić information content (AvgIpc) is 1.74. The molecule has 5 heterocycles. The van der Waals surface area contributed by atoms with E-state index in [2.05, 4.69) is 126 Å². The minimum absolute atomic E-state index is 0.171. The number of nitrogens with one attached hydrogen (secondary N) is 2. The highest BCUT2D eigenvalue weighted by molar-refractivity contribution is 7.99. The number of pyridine rings is 1. The molecule has 95 heavy (non-hydrogen) atoms. The van der Waals surface area contributed by atoms with Crippen LogP contribution in [0.5, 0.6) is 11.5 Å². The number of aromatic carboxylic acids is 1. The summed E-state index contributed by atoms with van der Waals surface area (Å²) in [6, 6.07) is 39.5. The number of fused-ring (bicyclic) bond motifs is 4. The number of nitrogens with zero attached hydrogens (tertiary/aromatic N) is 8. The Morgan fingerprint density at radius 1 is 0.768 bits per heavy atom. The summed E-state index contributed by atoms with van der Waals surface area (Å²) in [5, 5.41) is 34.8. The summed E-state index contributed by atoms with van der Waals surface area (Å²) in [5.41, 5.74) is 2.96. The van der Waals surface area contributed by atoms with Gasteiger partial charge in [-0.15, -0.1) is 6.58 Å². The second kappa shape index (κ2) is 34.1. The van der Waals surface area contributed by atoms with E-state index in [1.165, 1.54) is 70.1 Å². The summed E-state index contributed by atoms with van der Waals surface area (Å²) >= 11 is 1.87. The van der Waals surface area contributed by atoms with Crippen LogP contribution in [0, 0.1) is 17.3 Å². The predicted molar refractivity (Wildman–Crippen MR) is 372 cm³/mol. The number of methoxy groups -OCH3 is 2. The molecule has 4 atom stereocenters. The maximum atomic E-state index is 11.8. The van der Waals surface area contributed by atoms with Crippen molar-refractivity contribution in [2.75, 3.05) is 60.4 Å². The Bertz CT molecular complexity index is 4030. The quantitative estimate of drug-likeness (QED) is 0.0471. The van der Waals surface area contributed by atoms with Crippen molar-refractivity contribution in [1.82, 2.24) is 44.1 Å². The van der Waals surface area contributed by atoms with E-state index in [1.54, 1.807) is 45.9 Å². The van der Waals surface area contributed by atoms with Gasteiger partial charge in [0.1, 0.15) is 16.9 Å². The van der Waals surface area contributed by atoms with Crippen molar-refractivity contribution in [3.63, 3.8) is 0 Å². The van der Waals surface area contributed by atoms with E-state index in [4.69, 9.17) is 19.7 Å². The molecular formula is C72H90N10O12S. The van der Waals surface area contributed by atoms with Crippen LogP contribution >= 0.6 is 11.8 Å². The molecule has 11 rings (SSSR count). The molecule has 1 saturated carbocycles. The van der Waals surface area contributed by atoms with Crippen LogP contribution in [-0.4, -0.2) is 140 Å². The third kappa shape index (κ3) is 18.9. The molecule has 2 fully saturated rings. The third-order valence-electron chi connectivity index (χ3n) is 16.8. The molecule has 1 saturated heterocycles. The summed E-state index contributed by atoms with van der Waals surface area (Å²) in [4.78, 5) is 96.1. The van der Waals surface area contributed by atoms with E-state index >= 15 is 0 Å². The number of carbonyl (C=O) groups excluding carboxylic acids is 3. The number of aliphatic carboxylic acids is 1.